The number of halogens is 1. The molecule has 3 amide bonds. The van der Waals surface area contributed by atoms with Crippen molar-refractivity contribution in [1.82, 2.24) is 15.1 Å². The van der Waals surface area contributed by atoms with E-state index in [4.69, 9.17) is 0 Å². The van der Waals surface area contributed by atoms with Crippen LogP contribution < -0.4 is 5.32 Å². The van der Waals surface area contributed by atoms with Crippen molar-refractivity contribution in [3.63, 3.8) is 0 Å². The maximum atomic E-state index is 14.3. The molecule has 2 aromatic rings. The van der Waals surface area contributed by atoms with Crippen LogP contribution in [0.5, 0.6) is 0 Å². The van der Waals surface area contributed by atoms with E-state index in [1.165, 1.54) is 25.2 Å². The maximum Gasteiger partial charge on any atom is 0.254 e. The summed E-state index contributed by atoms with van der Waals surface area (Å²) in [7, 11) is 1.51. The fourth-order valence-corrected chi connectivity index (χ4v) is 3.75. The molecule has 0 spiro atoms. The lowest BCUT2D eigenvalue weighted by molar-refractivity contribution is -0.143. The molecule has 0 radical (unpaired) electrons. The number of hydrogen-bond donors (Lipinski definition) is 2. The summed E-state index contributed by atoms with van der Waals surface area (Å²) >= 11 is 0. The Morgan fingerprint density at radius 2 is 1.52 bits per heavy atom. The summed E-state index contributed by atoms with van der Waals surface area (Å²) in [4.78, 5) is 40.2. The maximum absolute atomic E-state index is 14.3. The van der Waals surface area contributed by atoms with E-state index in [0.717, 1.165) is 0 Å². The third-order valence-corrected chi connectivity index (χ3v) is 5.87. The topological polar surface area (TPSA) is 90.0 Å². The number of carbonyl (C=O) groups is 3. The predicted molar refractivity (Wildman–Crippen MR) is 112 cm³/mol. The van der Waals surface area contributed by atoms with Crippen molar-refractivity contribution in [2.45, 2.75) is 18.4 Å². The first-order valence-corrected chi connectivity index (χ1v) is 10.3. The lowest BCUT2D eigenvalue weighted by Gasteiger charge is -2.35. The van der Waals surface area contributed by atoms with E-state index in [0.29, 0.717) is 55.7 Å². The molecule has 1 saturated carbocycles. The van der Waals surface area contributed by atoms with Crippen LogP contribution in [0.3, 0.4) is 0 Å². The summed E-state index contributed by atoms with van der Waals surface area (Å²) in [5.74, 6) is -1.17. The number of carbonyl (C=O) groups excluding carboxylic acids is 3. The van der Waals surface area contributed by atoms with Gasteiger partial charge in [0.2, 0.25) is 0 Å². The molecule has 2 aromatic carbocycles. The van der Waals surface area contributed by atoms with E-state index in [9.17, 15) is 23.9 Å². The molecule has 1 heterocycles. The van der Waals surface area contributed by atoms with Gasteiger partial charge in [-0.15, -0.1) is 0 Å². The first-order valence-electron chi connectivity index (χ1n) is 10.3. The molecule has 2 N–H and O–H groups in total. The lowest BCUT2D eigenvalue weighted by atomic mass is 10.0. The van der Waals surface area contributed by atoms with E-state index in [-0.39, 0.29) is 23.3 Å². The molecule has 0 unspecified atom stereocenters. The van der Waals surface area contributed by atoms with Crippen molar-refractivity contribution >= 4 is 17.7 Å². The molecule has 31 heavy (non-hydrogen) atoms. The molecule has 7 nitrogen and oxygen atoms in total. The molecule has 8 heteroatoms. The molecular weight excluding hydrogens is 401 g/mol. The molecule has 2 fully saturated rings. The smallest absolute Gasteiger partial charge is 0.254 e. The highest BCUT2D eigenvalue weighted by molar-refractivity contribution is 5.96. The molecule has 0 atom stereocenters. The monoisotopic (exact) mass is 425 g/mol. The van der Waals surface area contributed by atoms with Crippen LogP contribution in [0.2, 0.25) is 0 Å². The SMILES string of the molecule is CNC(=O)c1ccc(F)c(-c2ccc(C(=O)N3CCN(C(=O)C4(O)CC4)CC3)cc2)c1. The van der Waals surface area contributed by atoms with Gasteiger partial charge in [-0.05, 0) is 48.7 Å². The zero-order valence-electron chi connectivity index (χ0n) is 17.2. The second-order valence-electron chi connectivity index (χ2n) is 7.97. The van der Waals surface area contributed by atoms with Gasteiger partial charge in [0.1, 0.15) is 11.4 Å². The Kier molecular flexibility index (Phi) is 5.49. The number of piperazine rings is 1. The summed E-state index contributed by atoms with van der Waals surface area (Å²) in [6.07, 6.45) is 1.01. The Morgan fingerprint density at radius 3 is 2.10 bits per heavy atom. The van der Waals surface area contributed by atoms with Crippen LogP contribution in [0.4, 0.5) is 4.39 Å². The molecule has 1 aliphatic heterocycles. The normalized spacial score (nSPS) is 17.3. The second-order valence-corrected chi connectivity index (χ2v) is 7.97. The number of rotatable bonds is 4. The van der Waals surface area contributed by atoms with Gasteiger partial charge in [-0.3, -0.25) is 14.4 Å². The Bertz CT molecular complexity index is 1030. The van der Waals surface area contributed by atoms with Gasteiger partial charge in [0.15, 0.2) is 0 Å². The van der Waals surface area contributed by atoms with Crippen LogP contribution in [0.1, 0.15) is 33.6 Å². The van der Waals surface area contributed by atoms with Crippen LogP contribution in [0.15, 0.2) is 42.5 Å². The zero-order chi connectivity index (χ0) is 22.2. The number of nitrogens with one attached hydrogen (secondary N) is 1. The predicted octanol–water partition coefficient (Wildman–Crippen LogP) is 1.66. The lowest BCUT2D eigenvalue weighted by Crippen LogP contribution is -2.53. The summed E-state index contributed by atoms with van der Waals surface area (Å²) in [5, 5.41) is 12.5. The van der Waals surface area contributed by atoms with Crippen LogP contribution in [0, 0.1) is 5.82 Å². The number of nitrogens with zero attached hydrogens (tertiary/aromatic N) is 2. The Balaban J connectivity index is 1.43. The van der Waals surface area contributed by atoms with Gasteiger partial charge in [0.05, 0.1) is 0 Å². The second kappa shape index (κ2) is 8.11. The van der Waals surface area contributed by atoms with Crippen molar-refractivity contribution in [2.24, 2.45) is 0 Å². The number of benzene rings is 2. The highest BCUT2D eigenvalue weighted by atomic mass is 19.1. The standard InChI is InChI=1S/C23H24FN3O4/c1-25-20(28)17-6-7-19(24)18(14-17)15-2-4-16(5-3-15)21(29)26-10-12-27(13-11-26)22(30)23(31)8-9-23/h2-7,14,31H,8-13H2,1H3,(H,25,28). The van der Waals surface area contributed by atoms with E-state index >= 15 is 0 Å². The van der Waals surface area contributed by atoms with Crippen molar-refractivity contribution in [1.29, 1.82) is 0 Å². The molecule has 1 saturated heterocycles. The molecule has 0 bridgehead atoms. The minimum Gasteiger partial charge on any atom is -0.380 e. The number of hydrogen-bond acceptors (Lipinski definition) is 4. The van der Waals surface area contributed by atoms with Gasteiger partial charge in [-0.1, -0.05) is 12.1 Å². The molecular formula is C23H24FN3O4. The molecule has 1 aliphatic carbocycles. The molecule has 4 rings (SSSR count). The fourth-order valence-electron chi connectivity index (χ4n) is 3.75. The molecule has 2 aliphatic rings. The van der Waals surface area contributed by atoms with Crippen molar-refractivity contribution in [2.75, 3.05) is 33.2 Å². The van der Waals surface area contributed by atoms with Gasteiger partial charge in [0.25, 0.3) is 17.7 Å². The van der Waals surface area contributed by atoms with Crippen molar-refractivity contribution in [3.8, 4) is 11.1 Å². The molecule has 0 aromatic heterocycles. The van der Waals surface area contributed by atoms with Crippen molar-refractivity contribution < 1.29 is 23.9 Å². The Labute approximate surface area is 179 Å². The Morgan fingerprint density at radius 1 is 0.935 bits per heavy atom. The summed E-state index contributed by atoms with van der Waals surface area (Å²) < 4.78 is 14.3. The number of amides is 3. The average molecular weight is 425 g/mol. The quantitative estimate of drug-likeness (QED) is 0.780. The van der Waals surface area contributed by atoms with Crippen LogP contribution in [0.25, 0.3) is 11.1 Å². The highest BCUT2D eigenvalue weighted by Gasteiger charge is 2.50. The van der Waals surface area contributed by atoms with Crippen LogP contribution in [-0.4, -0.2) is 71.5 Å². The van der Waals surface area contributed by atoms with E-state index in [1.54, 1.807) is 34.1 Å². The van der Waals surface area contributed by atoms with Crippen molar-refractivity contribution in [3.05, 3.63) is 59.4 Å². The van der Waals surface area contributed by atoms with Gasteiger partial charge in [-0.25, -0.2) is 4.39 Å². The first-order chi connectivity index (χ1) is 14.8. The van der Waals surface area contributed by atoms with Gasteiger partial charge >= 0.3 is 0 Å². The summed E-state index contributed by atoms with van der Waals surface area (Å²) in [6, 6.07) is 10.7. The summed E-state index contributed by atoms with van der Waals surface area (Å²) in [5.41, 5.74) is 0.472. The minimum atomic E-state index is -1.19. The largest absolute Gasteiger partial charge is 0.380 e. The fraction of sp³-hybridized carbons (Fsp3) is 0.348. The van der Waals surface area contributed by atoms with Gasteiger partial charge in [-0.2, -0.15) is 0 Å². The Hall–Kier alpha value is -3.26. The zero-order valence-corrected chi connectivity index (χ0v) is 17.2. The summed E-state index contributed by atoms with van der Waals surface area (Å²) in [6.45, 7) is 1.57. The third-order valence-electron chi connectivity index (χ3n) is 5.87. The van der Waals surface area contributed by atoms with Crippen LogP contribution >= 0.6 is 0 Å². The van der Waals surface area contributed by atoms with E-state index in [1.807, 2.05) is 0 Å². The van der Waals surface area contributed by atoms with E-state index in [2.05, 4.69) is 5.32 Å². The minimum absolute atomic E-state index is 0.164. The van der Waals surface area contributed by atoms with Gasteiger partial charge in [0, 0.05) is 49.9 Å². The van der Waals surface area contributed by atoms with Gasteiger partial charge < -0.3 is 20.2 Å². The third kappa shape index (κ3) is 4.16. The molecule has 162 valence electrons. The highest BCUT2D eigenvalue weighted by Crippen LogP contribution is 2.37. The average Bonchev–Trinajstić information content (AvgIpc) is 3.56. The van der Waals surface area contributed by atoms with E-state index < -0.39 is 11.4 Å². The first kappa shape index (κ1) is 21.0. The van der Waals surface area contributed by atoms with Crippen LogP contribution in [-0.2, 0) is 4.79 Å². The number of aliphatic hydroxyl groups is 1.